The fourth-order valence-electron chi connectivity index (χ4n) is 2.36. The molecule has 108 valence electrons. The molecule has 1 aromatic heterocycles. The zero-order valence-corrected chi connectivity index (χ0v) is 12.5. The average Bonchev–Trinajstić information content (AvgIpc) is 2.83. The van der Waals surface area contributed by atoms with Gasteiger partial charge in [-0.25, -0.2) is 0 Å². The van der Waals surface area contributed by atoms with Gasteiger partial charge in [0, 0.05) is 11.8 Å². The summed E-state index contributed by atoms with van der Waals surface area (Å²) in [7, 11) is 0. The maximum atomic E-state index is 6.10. The van der Waals surface area contributed by atoms with Crippen molar-refractivity contribution in [2.45, 2.75) is 39.7 Å². The van der Waals surface area contributed by atoms with Crippen LogP contribution in [0.4, 0.5) is 5.69 Å². The highest BCUT2D eigenvalue weighted by atomic mass is 16.5. The first kappa shape index (κ1) is 14.4. The molecule has 2 aromatic rings. The molecule has 0 aliphatic rings. The molecular weight excluding hydrogens is 250 g/mol. The quantitative estimate of drug-likeness (QED) is 0.868. The van der Waals surface area contributed by atoms with E-state index in [4.69, 9.17) is 10.5 Å². The van der Waals surface area contributed by atoms with Gasteiger partial charge in [0.15, 0.2) is 0 Å². The smallest absolute Gasteiger partial charge is 0.119 e. The van der Waals surface area contributed by atoms with Gasteiger partial charge in [-0.3, -0.25) is 4.68 Å². The van der Waals surface area contributed by atoms with Crippen LogP contribution in [0.25, 0.3) is 11.3 Å². The lowest BCUT2D eigenvalue weighted by molar-refractivity contribution is 0.340. The topological polar surface area (TPSA) is 53.1 Å². The third-order valence-electron chi connectivity index (χ3n) is 3.52. The van der Waals surface area contributed by atoms with Crippen LogP contribution in [0.1, 0.15) is 39.7 Å². The first-order valence-corrected chi connectivity index (χ1v) is 7.27. The van der Waals surface area contributed by atoms with E-state index in [-0.39, 0.29) is 0 Å². The number of nitrogens with two attached hydrogens (primary N) is 1. The lowest BCUT2D eigenvalue weighted by Gasteiger charge is -2.12. The molecule has 1 heterocycles. The Balaban J connectivity index is 2.28. The van der Waals surface area contributed by atoms with Gasteiger partial charge < -0.3 is 10.5 Å². The van der Waals surface area contributed by atoms with Crippen LogP contribution >= 0.6 is 0 Å². The van der Waals surface area contributed by atoms with Crippen LogP contribution in [0, 0.1) is 0 Å². The van der Waals surface area contributed by atoms with Gasteiger partial charge in [-0.15, -0.1) is 0 Å². The van der Waals surface area contributed by atoms with Crippen LogP contribution in [0.2, 0.25) is 0 Å². The normalized spacial score (nSPS) is 11.0. The molecule has 0 amide bonds. The number of benzene rings is 1. The summed E-state index contributed by atoms with van der Waals surface area (Å²) in [4.78, 5) is 0. The first-order valence-electron chi connectivity index (χ1n) is 7.27. The largest absolute Gasteiger partial charge is 0.494 e. The van der Waals surface area contributed by atoms with Gasteiger partial charge in [0.2, 0.25) is 0 Å². The van der Waals surface area contributed by atoms with E-state index >= 15 is 0 Å². The molecule has 0 saturated heterocycles. The zero-order chi connectivity index (χ0) is 14.5. The lowest BCUT2D eigenvalue weighted by Crippen LogP contribution is -2.07. The summed E-state index contributed by atoms with van der Waals surface area (Å²) in [6.07, 6.45) is 4.05. The minimum Gasteiger partial charge on any atom is -0.494 e. The van der Waals surface area contributed by atoms with Crippen molar-refractivity contribution in [2.24, 2.45) is 0 Å². The molecule has 2 rings (SSSR count). The van der Waals surface area contributed by atoms with Crippen LogP contribution < -0.4 is 10.5 Å². The Kier molecular flexibility index (Phi) is 4.66. The van der Waals surface area contributed by atoms with Crippen molar-refractivity contribution in [1.29, 1.82) is 0 Å². The van der Waals surface area contributed by atoms with Crippen molar-refractivity contribution in [3.05, 3.63) is 30.5 Å². The van der Waals surface area contributed by atoms with E-state index in [0.717, 1.165) is 35.5 Å². The highest BCUT2D eigenvalue weighted by Crippen LogP contribution is 2.28. The number of nitrogen functional groups attached to an aromatic ring is 1. The molecule has 20 heavy (non-hydrogen) atoms. The summed E-state index contributed by atoms with van der Waals surface area (Å²) < 4.78 is 7.44. The maximum Gasteiger partial charge on any atom is 0.119 e. The zero-order valence-electron chi connectivity index (χ0n) is 12.5. The second-order valence-electron chi connectivity index (χ2n) is 4.84. The molecule has 0 bridgehead atoms. The van der Waals surface area contributed by atoms with Crippen LogP contribution in [0.3, 0.4) is 0 Å². The Morgan fingerprint density at radius 1 is 1.15 bits per heavy atom. The van der Waals surface area contributed by atoms with Gasteiger partial charge in [-0.05, 0) is 44.0 Å². The molecule has 0 saturated carbocycles. The van der Waals surface area contributed by atoms with E-state index in [1.807, 2.05) is 42.1 Å². The number of hydrogen-bond donors (Lipinski definition) is 1. The van der Waals surface area contributed by atoms with Gasteiger partial charge in [-0.2, -0.15) is 5.10 Å². The van der Waals surface area contributed by atoms with E-state index in [1.54, 1.807) is 0 Å². The fraction of sp³-hybridized carbons (Fsp3) is 0.438. The maximum absolute atomic E-state index is 6.10. The number of nitrogens with zero attached hydrogens (tertiary/aromatic N) is 2. The Bertz CT molecular complexity index is 541. The summed E-state index contributed by atoms with van der Waals surface area (Å²) in [5, 5.41) is 4.65. The van der Waals surface area contributed by atoms with Crippen molar-refractivity contribution >= 4 is 5.69 Å². The Hall–Kier alpha value is -1.97. The molecule has 0 unspecified atom stereocenters. The first-order chi connectivity index (χ1) is 9.69. The highest BCUT2D eigenvalue weighted by molar-refractivity contribution is 5.72. The number of rotatable bonds is 6. The third-order valence-corrected chi connectivity index (χ3v) is 3.52. The van der Waals surface area contributed by atoms with Crippen LogP contribution in [-0.2, 0) is 0 Å². The Morgan fingerprint density at radius 3 is 2.35 bits per heavy atom. The van der Waals surface area contributed by atoms with E-state index in [2.05, 4.69) is 18.9 Å². The van der Waals surface area contributed by atoms with E-state index < -0.39 is 0 Å². The summed E-state index contributed by atoms with van der Waals surface area (Å²) >= 11 is 0. The number of anilines is 1. The Labute approximate surface area is 120 Å². The second kappa shape index (κ2) is 6.46. The third kappa shape index (κ3) is 2.95. The van der Waals surface area contributed by atoms with Crippen LogP contribution in [0.15, 0.2) is 30.5 Å². The molecule has 0 radical (unpaired) electrons. The predicted octanol–water partition coefficient (Wildman–Crippen LogP) is 3.89. The molecule has 0 fully saturated rings. The van der Waals surface area contributed by atoms with Crippen molar-refractivity contribution in [1.82, 2.24) is 9.78 Å². The Morgan fingerprint density at radius 2 is 1.80 bits per heavy atom. The molecule has 0 spiro atoms. The SMILES string of the molecule is CCOc1ccc(-c2nn(C(CC)CC)cc2N)cc1. The molecule has 0 aliphatic carbocycles. The van der Waals surface area contributed by atoms with Crippen molar-refractivity contribution < 1.29 is 4.74 Å². The summed E-state index contributed by atoms with van der Waals surface area (Å²) in [6.45, 7) is 6.99. The minimum atomic E-state index is 0.411. The van der Waals surface area contributed by atoms with E-state index in [0.29, 0.717) is 12.6 Å². The number of aromatic nitrogens is 2. The number of hydrogen-bond acceptors (Lipinski definition) is 3. The van der Waals surface area contributed by atoms with Crippen molar-refractivity contribution in [3.8, 4) is 17.0 Å². The van der Waals surface area contributed by atoms with Crippen LogP contribution in [-0.4, -0.2) is 16.4 Å². The molecule has 1 aromatic carbocycles. The van der Waals surface area contributed by atoms with Gasteiger partial charge in [-0.1, -0.05) is 13.8 Å². The second-order valence-corrected chi connectivity index (χ2v) is 4.84. The van der Waals surface area contributed by atoms with Gasteiger partial charge in [0.1, 0.15) is 11.4 Å². The highest BCUT2D eigenvalue weighted by Gasteiger charge is 2.13. The molecule has 0 aliphatic heterocycles. The van der Waals surface area contributed by atoms with Crippen molar-refractivity contribution in [2.75, 3.05) is 12.3 Å². The fourth-order valence-corrected chi connectivity index (χ4v) is 2.36. The molecule has 2 N–H and O–H groups in total. The predicted molar refractivity (Wildman–Crippen MR) is 82.9 cm³/mol. The van der Waals surface area contributed by atoms with Gasteiger partial charge in [0.05, 0.1) is 18.3 Å². The number of ether oxygens (including phenoxy) is 1. The monoisotopic (exact) mass is 273 g/mol. The average molecular weight is 273 g/mol. The van der Waals surface area contributed by atoms with E-state index in [9.17, 15) is 0 Å². The summed E-state index contributed by atoms with van der Waals surface area (Å²) in [6, 6.07) is 8.32. The standard InChI is InChI=1S/C16H23N3O/c1-4-13(5-2)19-11-15(17)16(18-19)12-7-9-14(10-8-12)20-6-3/h7-11,13H,4-6,17H2,1-3H3. The van der Waals surface area contributed by atoms with E-state index in [1.165, 1.54) is 0 Å². The summed E-state index contributed by atoms with van der Waals surface area (Å²) in [5.74, 6) is 0.870. The van der Waals surface area contributed by atoms with Crippen molar-refractivity contribution in [3.63, 3.8) is 0 Å². The molecule has 4 nitrogen and oxygen atoms in total. The van der Waals surface area contributed by atoms with Gasteiger partial charge in [0.25, 0.3) is 0 Å². The molecule has 0 atom stereocenters. The summed E-state index contributed by atoms with van der Waals surface area (Å²) in [5.41, 5.74) is 8.70. The van der Waals surface area contributed by atoms with Crippen LogP contribution in [0.5, 0.6) is 5.75 Å². The lowest BCUT2D eigenvalue weighted by atomic mass is 10.1. The molecular formula is C16H23N3O. The van der Waals surface area contributed by atoms with Gasteiger partial charge >= 0.3 is 0 Å². The molecule has 4 heteroatoms. The minimum absolute atomic E-state index is 0.411.